The predicted molar refractivity (Wildman–Crippen MR) is 68.4 cm³/mol. The van der Waals surface area contributed by atoms with Crippen LogP contribution in [0.4, 0.5) is 5.69 Å². The molecule has 3 N–H and O–H groups in total. The number of nitrogens with two attached hydrogens (primary N) is 1. The van der Waals surface area contributed by atoms with Gasteiger partial charge in [-0.1, -0.05) is 6.07 Å². The summed E-state index contributed by atoms with van der Waals surface area (Å²) in [4.78, 5) is 8.45. The van der Waals surface area contributed by atoms with E-state index in [4.69, 9.17) is 5.73 Å². The average Bonchev–Trinajstić information content (AvgIpc) is 2.39. The standard InChI is InChI=1S/C13H16N4/c1-15-13(12-4-2-3-6-17-12)8-10-9-16-7-5-11(10)14/h2-7,9,13,15H,8H2,1H3,(H2,14,16). The van der Waals surface area contributed by atoms with E-state index in [1.807, 2.05) is 37.5 Å². The molecule has 0 saturated heterocycles. The first kappa shape index (κ1) is 11.5. The smallest absolute Gasteiger partial charge is 0.0576 e. The Balaban J connectivity index is 2.19. The number of hydrogen-bond acceptors (Lipinski definition) is 4. The molecule has 0 aliphatic rings. The predicted octanol–water partition coefficient (Wildman–Crippen LogP) is 1.56. The van der Waals surface area contributed by atoms with E-state index in [2.05, 4.69) is 15.3 Å². The first-order valence-corrected chi connectivity index (χ1v) is 5.58. The third-order valence-electron chi connectivity index (χ3n) is 2.76. The summed E-state index contributed by atoms with van der Waals surface area (Å²) in [7, 11) is 1.92. The molecule has 2 heterocycles. The molecule has 0 aliphatic carbocycles. The number of aromatic nitrogens is 2. The lowest BCUT2D eigenvalue weighted by Crippen LogP contribution is -2.20. The summed E-state index contributed by atoms with van der Waals surface area (Å²) < 4.78 is 0. The fourth-order valence-electron chi connectivity index (χ4n) is 1.76. The van der Waals surface area contributed by atoms with Crippen molar-refractivity contribution < 1.29 is 0 Å². The minimum absolute atomic E-state index is 0.155. The molecule has 4 nitrogen and oxygen atoms in total. The molecule has 0 fully saturated rings. The van der Waals surface area contributed by atoms with Crippen LogP contribution in [0.5, 0.6) is 0 Å². The van der Waals surface area contributed by atoms with Gasteiger partial charge in [-0.3, -0.25) is 9.97 Å². The van der Waals surface area contributed by atoms with Gasteiger partial charge in [0.1, 0.15) is 0 Å². The van der Waals surface area contributed by atoms with Crippen molar-refractivity contribution in [2.45, 2.75) is 12.5 Å². The van der Waals surface area contributed by atoms with Gasteiger partial charge in [0.25, 0.3) is 0 Å². The summed E-state index contributed by atoms with van der Waals surface area (Å²) >= 11 is 0. The normalized spacial score (nSPS) is 12.3. The molecule has 0 amide bonds. The number of nitrogens with zero attached hydrogens (tertiary/aromatic N) is 2. The molecule has 4 heteroatoms. The minimum atomic E-state index is 0.155. The molecule has 88 valence electrons. The van der Waals surface area contributed by atoms with Crippen molar-refractivity contribution in [3.05, 3.63) is 54.1 Å². The van der Waals surface area contributed by atoms with Crippen molar-refractivity contribution in [2.24, 2.45) is 0 Å². The lowest BCUT2D eigenvalue weighted by molar-refractivity contribution is 0.576. The van der Waals surface area contributed by atoms with Crippen molar-refractivity contribution in [1.82, 2.24) is 15.3 Å². The van der Waals surface area contributed by atoms with Crippen LogP contribution in [0.1, 0.15) is 17.3 Å². The van der Waals surface area contributed by atoms with Gasteiger partial charge in [0.15, 0.2) is 0 Å². The molecule has 2 aromatic heterocycles. The Labute approximate surface area is 101 Å². The number of anilines is 1. The second-order valence-electron chi connectivity index (χ2n) is 3.87. The summed E-state index contributed by atoms with van der Waals surface area (Å²) in [5, 5.41) is 3.25. The number of hydrogen-bond donors (Lipinski definition) is 2. The summed E-state index contributed by atoms with van der Waals surface area (Å²) in [6.07, 6.45) is 6.09. The summed E-state index contributed by atoms with van der Waals surface area (Å²) in [5.74, 6) is 0. The Morgan fingerprint density at radius 2 is 2.18 bits per heavy atom. The van der Waals surface area contributed by atoms with Crippen LogP contribution in [0.25, 0.3) is 0 Å². The third kappa shape index (κ3) is 2.79. The van der Waals surface area contributed by atoms with Crippen LogP contribution in [0.15, 0.2) is 42.9 Å². The van der Waals surface area contributed by atoms with Crippen LogP contribution in [-0.4, -0.2) is 17.0 Å². The maximum absolute atomic E-state index is 5.91. The Morgan fingerprint density at radius 3 is 2.82 bits per heavy atom. The maximum Gasteiger partial charge on any atom is 0.0576 e. The van der Waals surface area contributed by atoms with Crippen LogP contribution in [0.3, 0.4) is 0 Å². The minimum Gasteiger partial charge on any atom is -0.398 e. The van der Waals surface area contributed by atoms with E-state index in [1.165, 1.54) is 0 Å². The zero-order valence-corrected chi connectivity index (χ0v) is 9.80. The van der Waals surface area contributed by atoms with Crippen LogP contribution in [-0.2, 0) is 6.42 Å². The van der Waals surface area contributed by atoms with Crippen molar-refractivity contribution in [3.8, 4) is 0 Å². The van der Waals surface area contributed by atoms with Crippen molar-refractivity contribution in [2.75, 3.05) is 12.8 Å². The number of nitrogen functional groups attached to an aromatic ring is 1. The van der Waals surface area contributed by atoms with E-state index in [0.29, 0.717) is 0 Å². The fourth-order valence-corrected chi connectivity index (χ4v) is 1.76. The Morgan fingerprint density at radius 1 is 1.29 bits per heavy atom. The molecule has 1 atom stereocenters. The Kier molecular flexibility index (Phi) is 3.67. The summed E-state index contributed by atoms with van der Waals surface area (Å²) in [5.41, 5.74) is 8.74. The van der Waals surface area contributed by atoms with Crippen molar-refractivity contribution >= 4 is 5.69 Å². The summed E-state index contributed by atoms with van der Waals surface area (Å²) in [6, 6.07) is 7.88. The van der Waals surface area contributed by atoms with E-state index in [1.54, 1.807) is 12.4 Å². The molecule has 0 saturated carbocycles. The lowest BCUT2D eigenvalue weighted by atomic mass is 10.0. The molecule has 0 aliphatic heterocycles. The number of rotatable bonds is 4. The van der Waals surface area contributed by atoms with Crippen molar-refractivity contribution in [1.29, 1.82) is 0 Å². The van der Waals surface area contributed by atoms with E-state index in [0.717, 1.165) is 23.4 Å². The van der Waals surface area contributed by atoms with Gasteiger partial charge in [0, 0.05) is 24.3 Å². The SMILES string of the molecule is CNC(Cc1cnccc1N)c1ccccn1. The van der Waals surface area contributed by atoms with Gasteiger partial charge < -0.3 is 11.1 Å². The first-order valence-electron chi connectivity index (χ1n) is 5.58. The first-order chi connectivity index (χ1) is 8.31. The molecular weight excluding hydrogens is 212 g/mol. The number of likely N-dealkylation sites (N-methyl/N-ethyl adjacent to an activating group) is 1. The molecule has 2 rings (SSSR count). The van der Waals surface area contributed by atoms with Gasteiger partial charge >= 0.3 is 0 Å². The molecule has 0 spiro atoms. The lowest BCUT2D eigenvalue weighted by Gasteiger charge is -2.16. The highest BCUT2D eigenvalue weighted by Gasteiger charge is 2.12. The van der Waals surface area contributed by atoms with Crippen LogP contribution >= 0.6 is 0 Å². The van der Waals surface area contributed by atoms with Gasteiger partial charge in [-0.25, -0.2) is 0 Å². The molecule has 0 bridgehead atoms. The third-order valence-corrected chi connectivity index (χ3v) is 2.76. The fraction of sp³-hybridized carbons (Fsp3) is 0.231. The highest BCUT2D eigenvalue weighted by atomic mass is 14.9. The van der Waals surface area contributed by atoms with Crippen LogP contribution in [0, 0.1) is 0 Å². The largest absolute Gasteiger partial charge is 0.398 e. The molecule has 2 aromatic rings. The molecule has 1 unspecified atom stereocenters. The second kappa shape index (κ2) is 5.41. The van der Waals surface area contributed by atoms with Gasteiger partial charge in [0.2, 0.25) is 0 Å². The van der Waals surface area contributed by atoms with E-state index >= 15 is 0 Å². The Bertz CT molecular complexity index is 470. The highest BCUT2D eigenvalue weighted by Crippen LogP contribution is 2.19. The van der Waals surface area contributed by atoms with E-state index in [9.17, 15) is 0 Å². The highest BCUT2D eigenvalue weighted by molar-refractivity contribution is 5.45. The number of nitrogens with one attached hydrogen (secondary N) is 1. The quantitative estimate of drug-likeness (QED) is 0.833. The van der Waals surface area contributed by atoms with Gasteiger partial charge in [-0.05, 0) is 37.2 Å². The zero-order chi connectivity index (χ0) is 12.1. The molecule has 17 heavy (non-hydrogen) atoms. The van der Waals surface area contributed by atoms with E-state index < -0.39 is 0 Å². The van der Waals surface area contributed by atoms with Gasteiger partial charge in [0.05, 0.1) is 11.7 Å². The second-order valence-corrected chi connectivity index (χ2v) is 3.87. The molecular formula is C13H16N4. The Hall–Kier alpha value is -1.94. The topological polar surface area (TPSA) is 63.8 Å². The van der Waals surface area contributed by atoms with Crippen molar-refractivity contribution in [3.63, 3.8) is 0 Å². The number of pyridine rings is 2. The maximum atomic E-state index is 5.91. The molecule has 0 radical (unpaired) electrons. The zero-order valence-electron chi connectivity index (χ0n) is 9.80. The summed E-state index contributed by atoms with van der Waals surface area (Å²) in [6.45, 7) is 0. The molecule has 0 aromatic carbocycles. The van der Waals surface area contributed by atoms with Crippen LogP contribution in [0.2, 0.25) is 0 Å². The van der Waals surface area contributed by atoms with Gasteiger partial charge in [-0.2, -0.15) is 0 Å². The van der Waals surface area contributed by atoms with E-state index in [-0.39, 0.29) is 6.04 Å². The van der Waals surface area contributed by atoms with Gasteiger partial charge in [-0.15, -0.1) is 0 Å². The average molecular weight is 228 g/mol. The monoisotopic (exact) mass is 228 g/mol. The van der Waals surface area contributed by atoms with Crippen LogP contribution < -0.4 is 11.1 Å².